The molecule has 3 rings (SSSR count). The second-order valence-electron chi connectivity index (χ2n) is 5.05. The zero-order valence-electron chi connectivity index (χ0n) is 11.0. The van der Waals surface area contributed by atoms with Gasteiger partial charge in [-0.15, -0.1) is 0 Å². The summed E-state index contributed by atoms with van der Waals surface area (Å²) in [5.74, 6) is -0.330. The number of carboxylic acid groups (broad SMARTS) is 1. The Labute approximate surface area is 118 Å². The Bertz CT molecular complexity index is 721. The number of hydrogen-bond donors (Lipinski definition) is 1. The molecular formula is C14H14O5S. The fourth-order valence-corrected chi connectivity index (χ4v) is 3.70. The van der Waals surface area contributed by atoms with E-state index in [1.165, 1.54) is 7.11 Å². The lowest BCUT2D eigenvalue weighted by atomic mass is 9.78. The minimum Gasteiger partial charge on any atom is -0.496 e. The summed E-state index contributed by atoms with van der Waals surface area (Å²) in [4.78, 5) is 22.7. The topological polar surface area (TPSA) is 76.7 Å². The largest absolute Gasteiger partial charge is 0.496 e. The Morgan fingerprint density at radius 3 is 2.70 bits per heavy atom. The Morgan fingerprint density at radius 2 is 2.10 bits per heavy atom. The molecular weight excluding hydrogens is 280 g/mol. The lowest BCUT2D eigenvalue weighted by molar-refractivity contribution is -0.143. The minimum atomic E-state index is -0.931. The molecule has 5 nitrogen and oxygen atoms in total. The van der Waals surface area contributed by atoms with Gasteiger partial charge in [0.2, 0.25) is 0 Å². The van der Waals surface area contributed by atoms with Gasteiger partial charge >= 0.3 is 10.9 Å². The first-order valence-corrected chi connectivity index (χ1v) is 7.24. The summed E-state index contributed by atoms with van der Waals surface area (Å²) < 4.78 is 11.1. The average Bonchev–Trinajstić information content (AvgIpc) is 3.02. The van der Waals surface area contributed by atoms with E-state index in [-0.39, 0.29) is 0 Å². The predicted molar refractivity (Wildman–Crippen MR) is 74.7 cm³/mol. The van der Waals surface area contributed by atoms with Gasteiger partial charge in [-0.3, -0.25) is 4.79 Å². The van der Waals surface area contributed by atoms with E-state index in [1.54, 1.807) is 12.1 Å². The fraction of sp³-hybridized carbons (Fsp3) is 0.429. The Kier molecular flexibility index (Phi) is 3.05. The number of fused-ring (bicyclic) bond motifs is 1. The van der Waals surface area contributed by atoms with Crippen molar-refractivity contribution in [1.82, 2.24) is 0 Å². The molecule has 106 valence electrons. The second-order valence-corrected chi connectivity index (χ2v) is 6.03. The van der Waals surface area contributed by atoms with E-state index < -0.39 is 16.3 Å². The van der Waals surface area contributed by atoms with Crippen LogP contribution in [0.15, 0.2) is 21.3 Å². The first kappa shape index (κ1) is 13.2. The van der Waals surface area contributed by atoms with Crippen LogP contribution in [-0.2, 0) is 10.2 Å². The molecule has 1 aliphatic rings. The van der Waals surface area contributed by atoms with Crippen LogP contribution in [0.1, 0.15) is 31.2 Å². The number of aliphatic carboxylic acids is 1. The van der Waals surface area contributed by atoms with Crippen molar-refractivity contribution < 1.29 is 19.1 Å². The van der Waals surface area contributed by atoms with E-state index in [2.05, 4.69) is 0 Å². The number of hydrogen-bond acceptors (Lipinski definition) is 5. The molecule has 6 heteroatoms. The van der Waals surface area contributed by atoms with Crippen LogP contribution in [0.5, 0.6) is 5.75 Å². The molecule has 1 heterocycles. The van der Waals surface area contributed by atoms with Crippen molar-refractivity contribution in [2.24, 2.45) is 0 Å². The molecule has 0 radical (unpaired) electrons. The van der Waals surface area contributed by atoms with Crippen molar-refractivity contribution in [3.8, 4) is 5.75 Å². The van der Waals surface area contributed by atoms with Crippen molar-refractivity contribution >= 4 is 27.6 Å². The van der Waals surface area contributed by atoms with Gasteiger partial charge in [0.05, 0.1) is 17.2 Å². The lowest BCUT2D eigenvalue weighted by Gasteiger charge is -2.26. The summed E-state index contributed by atoms with van der Waals surface area (Å²) in [6.45, 7) is 0. The number of ether oxygens (including phenoxy) is 1. The summed E-state index contributed by atoms with van der Waals surface area (Å²) >= 11 is 0.991. The van der Waals surface area contributed by atoms with Crippen LogP contribution in [-0.4, -0.2) is 18.2 Å². The molecule has 1 fully saturated rings. The van der Waals surface area contributed by atoms with Gasteiger partial charge in [0.25, 0.3) is 0 Å². The van der Waals surface area contributed by atoms with Crippen LogP contribution in [0.2, 0.25) is 0 Å². The van der Waals surface area contributed by atoms with Crippen LogP contribution in [0.3, 0.4) is 0 Å². The SMILES string of the molecule is COc1cc2sc(=O)oc2cc1C1(C(=O)O)CCCC1. The molecule has 1 aromatic carbocycles. The van der Waals surface area contributed by atoms with Gasteiger partial charge in [-0.2, -0.15) is 0 Å². The molecule has 2 aromatic rings. The van der Waals surface area contributed by atoms with Crippen molar-refractivity contribution in [2.75, 3.05) is 7.11 Å². The number of methoxy groups -OCH3 is 1. The molecule has 0 bridgehead atoms. The maximum Gasteiger partial charge on any atom is 0.396 e. The summed E-state index contributed by atoms with van der Waals surface area (Å²) in [5.41, 5.74) is 0.113. The normalized spacial score (nSPS) is 17.4. The lowest BCUT2D eigenvalue weighted by Crippen LogP contribution is -2.33. The third-order valence-electron chi connectivity index (χ3n) is 4.03. The number of benzene rings is 1. The highest BCUT2D eigenvalue weighted by Crippen LogP contribution is 2.46. The molecule has 0 atom stereocenters. The average molecular weight is 294 g/mol. The highest BCUT2D eigenvalue weighted by atomic mass is 32.1. The molecule has 1 N–H and O–H groups in total. The molecule has 0 saturated heterocycles. The maximum absolute atomic E-state index is 11.8. The van der Waals surface area contributed by atoms with Gasteiger partial charge in [0, 0.05) is 11.6 Å². The number of carbonyl (C=O) groups is 1. The van der Waals surface area contributed by atoms with Crippen LogP contribution in [0, 0.1) is 0 Å². The molecule has 0 amide bonds. The standard InChI is InChI=1S/C14H14O5S/c1-18-9-7-11-10(19-13(17)20-11)6-8(9)14(12(15)16)4-2-3-5-14/h6-7H,2-5H2,1H3,(H,15,16). The third-order valence-corrected chi connectivity index (χ3v) is 4.82. The Balaban J connectivity index is 2.27. The van der Waals surface area contributed by atoms with E-state index in [1.807, 2.05) is 0 Å². The molecule has 1 aromatic heterocycles. The van der Waals surface area contributed by atoms with Crippen molar-refractivity contribution in [2.45, 2.75) is 31.1 Å². The monoisotopic (exact) mass is 294 g/mol. The van der Waals surface area contributed by atoms with Crippen molar-refractivity contribution in [3.63, 3.8) is 0 Å². The van der Waals surface area contributed by atoms with Gasteiger partial charge in [0.15, 0.2) is 0 Å². The van der Waals surface area contributed by atoms with Crippen LogP contribution in [0.4, 0.5) is 0 Å². The van der Waals surface area contributed by atoms with Gasteiger partial charge in [-0.25, -0.2) is 4.79 Å². The Morgan fingerprint density at radius 1 is 1.40 bits per heavy atom. The smallest absolute Gasteiger partial charge is 0.396 e. The van der Waals surface area contributed by atoms with E-state index >= 15 is 0 Å². The highest BCUT2D eigenvalue weighted by Gasteiger charge is 2.45. The van der Waals surface area contributed by atoms with Gasteiger partial charge in [0.1, 0.15) is 11.3 Å². The first-order chi connectivity index (χ1) is 9.56. The number of rotatable bonds is 3. The maximum atomic E-state index is 11.8. The predicted octanol–water partition coefficient (Wildman–Crippen LogP) is 2.76. The van der Waals surface area contributed by atoms with Crippen molar-refractivity contribution in [1.29, 1.82) is 0 Å². The van der Waals surface area contributed by atoms with E-state index in [0.717, 1.165) is 24.2 Å². The van der Waals surface area contributed by atoms with E-state index in [0.29, 0.717) is 34.4 Å². The highest BCUT2D eigenvalue weighted by molar-refractivity contribution is 7.16. The fourth-order valence-electron chi connectivity index (χ4n) is 3.02. The quantitative estimate of drug-likeness (QED) is 0.942. The van der Waals surface area contributed by atoms with Gasteiger partial charge < -0.3 is 14.3 Å². The molecule has 0 unspecified atom stereocenters. The molecule has 20 heavy (non-hydrogen) atoms. The van der Waals surface area contributed by atoms with Gasteiger partial charge in [-0.05, 0) is 18.9 Å². The molecule has 0 spiro atoms. The summed E-state index contributed by atoms with van der Waals surface area (Å²) in [7, 11) is 1.51. The molecule has 0 aliphatic heterocycles. The van der Waals surface area contributed by atoms with E-state index in [4.69, 9.17) is 9.15 Å². The first-order valence-electron chi connectivity index (χ1n) is 6.42. The van der Waals surface area contributed by atoms with Crippen LogP contribution < -0.4 is 9.68 Å². The van der Waals surface area contributed by atoms with E-state index in [9.17, 15) is 14.7 Å². The molecule has 1 aliphatic carbocycles. The van der Waals surface area contributed by atoms with Crippen LogP contribution >= 0.6 is 11.3 Å². The summed E-state index contributed by atoms with van der Waals surface area (Å²) in [6, 6.07) is 3.36. The summed E-state index contributed by atoms with van der Waals surface area (Å²) in [5, 5.41) is 9.67. The van der Waals surface area contributed by atoms with Crippen molar-refractivity contribution in [3.05, 3.63) is 27.4 Å². The minimum absolute atomic E-state index is 0.394. The van der Waals surface area contributed by atoms with Crippen LogP contribution in [0.25, 0.3) is 10.3 Å². The molecule has 1 saturated carbocycles. The Hall–Kier alpha value is -1.82. The third kappa shape index (κ3) is 1.83. The zero-order chi connectivity index (χ0) is 14.3. The van der Waals surface area contributed by atoms with Gasteiger partial charge in [-0.1, -0.05) is 24.2 Å². The summed E-state index contributed by atoms with van der Waals surface area (Å²) in [6.07, 6.45) is 2.92. The zero-order valence-corrected chi connectivity index (χ0v) is 11.8. The number of carboxylic acids is 1. The second kappa shape index (κ2) is 4.63.